The van der Waals surface area contributed by atoms with Crippen molar-refractivity contribution in [1.29, 1.82) is 0 Å². The monoisotopic (exact) mass is 1240 g/mol. The number of hydrogen-bond acceptors (Lipinski definition) is 9. The topological polar surface area (TPSA) is 98.1 Å². The third kappa shape index (κ3) is 16.0. The van der Waals surface area contributed by atoms with Gasteiger partial charge in [-0.1, -0.05) is 146 Å². The number of rotatable bonds is 18. The molecule has 9 heteroatoms. The van der Waals surface area contributed by atoms with Crippen molar-refractivity contribution < 1.29 is 29.5 Å². The zero-order valence-corrected chi connectivity index (χ0v) is 54.1. The quantitative estimate of drug-likeness (QED) is 0.0776. The van der Waals surface area contributed by atoms with Crippen molar-refractivity contribution in [3.63, 3.8) is 0 Å². The molecule has 4 unspecified atom stereocenters. The lowest BCUT2D eigenvalue weighted by molar-refractivity contribution is 0.237. The molecule has 9 nitrogen and oxygen atoms in total. The Hall–Kier alpha value is -8.34. The average Bonchev–Trinajstić information content (AvgIpc) is 1.33. The van der Waals surface area contributed by atoms with Crippen molar-refractivity contribution in [2.24, 2.45) is 0 Å². The zero-order valence-electron chi connectivity index (χ0n) is 54.1. The molecule has 9 aromatic carbocycles. The standard InChI is InChI=1S/3C28H31NO2/c3*30-24-11-15-27-23(20-24)10-14-26(21-6-2-1-3-7-21)28(27)22-8-12-25(13-9-22)31-19-18-29-16-4-5-17-29/h3*1-3,6-9,11-13,15,20,26,28,30H,4-5,10,14,16-19H2/t26-,28+;;/m1../s1. The van der Waals surface area contributed by atoms with Gasteiger partial charge in [-0.3, -0.25) is 14.7 Å². The van der Waals surface area contributed by atoms with Crippen molar-refractivity contribution in [3.05, 3.63) is 285 Å². The van der Waals surface area contributed by atoms with E-state index in [4.69, 9.17) is 14.2 Å². The summed E-state index contributed by atoms with van der Waals surface area (Å²) in [6.45, 7) is 12.5. The summed E-state index contributed by atoms with van der Waals surface area (Å²) >= 11 is 0. The van der Waals surface area contributed by atoms with E-state index in [9.17, 15) is 15.3 Å². The summed E-state index contributed by atoms with van der Waals surface area (Å²) in [5.41, 5.74) is 15.9. The largest absolute Gasteiger partial charge is 0.508 e. The van der Waals surface area contributed by atoms with Gasteiger partial charge in [-0.2, -0.15) is 0 Å². The third-order valence-corrected chi connectivity index (χ3v) is 20.8. The van der Waals surface area contributed by atoms with Gasteiger partial charge in [0.2, 0.25) is 0 Å². The molecular weight excluding hydrogens is 1150 g/mol. The van der Waals surface area contributed by atoms with Gasteiger partial charge >= 0.3 is 0 Å². The fourth-order valence-electron chi connectivity index (χ4n) is 16.0. The number of benzene rings is 9. The molecule has 3 fully saturated rings. The van der Waals surface area contributed by atoms with Gasteiger partial charge < -0.3 is 29.5 Å². The summed E-state index contributed by atoms with van der Waals surface area (Å²) in [5, 5.41) is 30.0. The maximum absolute atomic E-state index is 10.0. The molecule has 0 bridgehead atoms. The summed E-state index contributed by atoms with van der Waals surface area (Å²) in [4.78, 5) is 7.44. The molecule has 0 amide bonds. The summed E-state index contributed by atoms with van der Waals surface area (Å²) in [5.74, 6) is 6.05. The van der Waals surface area contributed by atoms with Crippen LogP contribution in [0.2, 0.25) is 0 Å². The van der Waals surface area contributed by atoms with E-state index in [2.05, 4.69) is 197 Å². The fraction of sp³-hybridized carbons (Fsp3) is 0.357. The van der Waals surface area contributed by atoms with E-state index in [1.165, 1.54) is 145 Å². The Morgan fingerprint density at radius 1 is 0.290 bits per heavy atom. The Balaban J connectivity index is 0.000000127. The van der Waals surface area contributed by atoms with Gasteiger partial charge in [0.05, 0.1) is 0 Å². The van der Waals surface area contributed by atoms with Gasteiger partial charge in [0.1, 0.15) is 54.3 Å². The van der Waals surface area contributed by atoms with Crippen LogP contribution >= 0.6 is 0 Å². The summed E-state index contributed by atoms with van der Waals surface area (Å²) in [6, 6.07) is 76.3. The van der Waals surface area contributed by atoms with Crippen molar-refractivity contribution in [2.45, 2.75) is 113 Å². The number of nitrogens with zero attached hydrogens (tertiary/aromatic N) is 3. The van der Waals surface area contributed by atoms with Crippen LogP contribution in [0.15, 0.2) is 218 Å². The van der Waals surface area contributed by atoms with Crippen LogP contribution in [0.1, 0.15) is 160 Å². The zero-order chi connectivity index (χ0) is 63.1. The molecule has 0 aromatic heterocycles. The van der Waals surface area contributed by atoms with E-state index in [1.54, 1.807) is 0 Å². The molecule has 480 valence electrons. The average molecular weight is 1240 g/mol. The minimum Gasteiger partial charge on any atom is -0.508 e. The molecule has 3 aliphatic carbocycles. The predicted octanol–water partition coefficient (Wildman–Crippen LogP) is 17.2. The number of phenolic OH excluding ortho intramolecular Hbond substituents is 3. The minimum atomic E-state index is 0.283. The van der Waals surface area contributed by atoms with E-state index in [0.29, 0.717) is 35.0 Å². The fourth-order valence-corrected chi connectivity index (χ4v) is 16.0. The molecule has 3 aliphatic heterocycles. The molecule has 0 saturated carbocycles. The van der Waals surface area contributed by atoms with Crippen molar-refractivity contribution in [3.8, 4) is 34.5 Å². The SMILES string of the molecule is Oc1ccc2c(c1)CCC(c1ccccc1)C2c1ccc(OCCN2CCCC2)cc1.Oc1ccc2c(c1)CCC(c1ccccc1)C2c1ccc(OCCN2CCCC2)cc1.Oc1ccc2c(c1)CC[C@H](c1ccccc1)[C@@H]2c1ccc(OCCN2CCCC2)cc1. The van der Waals surface area contributed by atoms with E-state index in [0.717, 1.165) is 95.2 Å². The van der Waals surface area contributed by atoms with Gasteiger partial charge in [-0.25, -0.2) is 0 Å². The van der Waals surface area contributed by atoms with Crippen LogP contribution in [0.5, 0.6) is 34.5 Å². The molecule has 6 aliphatic rings. The van der Waals surface area contributed by atoms with Gasteiger partial charge in [-0.05, 0) is 274 Å². The molecular formula is C84H93N3O6. The van der Waals surface area contributed by atoms with Gasteiger partial charge in [0.15, 0.2) is 0 Å². The van der Waals surface area contributed by atoms with Crippen LogP contribution in [0.3, 0.4) is 0 Å². The van der Waals surface area contributed by atoms with E-state index >= 15 is 0 Å². The van der Waals surface area contributed by atoms with Crippen molar-refractivity contribution in [1.82, 2.24) is 14.7 Å². The lowest BCUT2D eigenvalue weighted by Gasteiger charge is -2.35. The first kappa shape index (κ1) is 63.4. The molecule has 3 heterocycles. The number of hydrogen-bond donors (Lipinski definition) is 3. The molecule has 9 aromatic rings. The summed E-state index contributed by atoms with van der Waals surface area (Å²) in [7, 11) is 0. The van der Waals surface area contributed by atoms with Gasteiger partial charge in [0.25, 0.3) is 0 Å². The second kappa shape index (κ2) is 31.1. The number of phenols is 3. The molecule has 6 atom stereocenters. The molecule has 0 radical (unpaired) electrons. The Labute approximate surface area is 552 Å². The lowest BCUT2D eigenvalue weighted by atomic mass is 9.69. The minimum absolute atomic E-state index is 0.283. The van der Waals surface area contributed by atoms with Gasteiger partial charge in [0, 0.05) is 37.4 Å². The smallest absolute Gasteiger partial charge is 0.119 e. The second-order valence-electron chi connectivity index (χ2n) is 26.6. The van der Waals surface area contributed by atoms with E-state index < -0.39 is 0 Å². The van der Waals surface area contributed by atoms with Crippen LogP contribution in [0.25, 0.3) is 0 Å². The van der Waals surface area contributed by atoms with Crippen LogP contribution < -0.4 is 14.2 Å². The number of likely N-dealkylation sites (tertiary alicyclic amines) is 3. The first-order valence-corrected chi connectivity index (χ1v) is 34.8. The Morgan fingerprint density at radius 2 is 0.548 bits per heavy atom. The predicted molar refractivity (Wildman–Crippen MR) is 375 cm³/mol. The molecule has 3 saturated heterocycles. The number of aromatic hydroxyl groups is 3. The van der Waals surface area contributed by atoms with Crippen LogP contribution in [0.4, 0.5) is 0 Å². The number of aryl methyl sites for hydroxylation is 3. The van der Waals surface area contributed by atoms with Crippen molar-refractivity contribution >= 4 is 0 Å². The van der Waals surface area contributed by atoms with Gasteiger partial charge in [-0.15, -0.1) is 0 Å². The normalized spacial score (nSPS) is 21.0. The number of ether oxygens (including phenoxy) is 3. The van der Waals surface area contributed by atoms with E-state index in [-0.39, 0.29) is 17.8 Å². The maximum Gasteiger partial charge on any atom is 0.119 e. The molecule has 15 rings (SSSR count). The van der Waals surface area contributed by atoms with Crippen LogP contribution in [-0.2, 0) is 19.3 Å². The van der Waals surface area contributed by atoms with Crippen LogP contribution in [0, 0.1) is 0 Å². The summed E-state index contributed by atoms with van der Waals surface area (Å²) in [6.07, 6.45) is 14.1. The Morgan fingerprint density at radius 3 is 0.806 bits per heavy atom. The number of fused-ring (bicyclic) bond motifs is 3. The highest BCUT2D eigenvalue weighted by Gasteiger charge is 2.35. The third-order valence-electron chi connectivity index (χ3n) is 20.8. The Bertz CT molecular complexity index is 3380. The first-order chi connectivity index (χ1) is 45.8. The highest BCUT2D eigenvalue weighted by atomic mass is 16.5. The van der Waals surface area contributed by atoms with Crippen LogP contribution in [-0.4, -0.2) is 109 Å². The summed E-state index contributed by atoms with van der Waals surface area (Å²) < 4.78 is 18.1. The first-order valence-electron chi connectivity index (χ1n) is 34.8. The highest BCUT2D eigenvalue weighted by molar-refractivity contribution is 5.52. The Kier molecular flexibility index (Phi) is 21.2. The maximum atomic E-state index is 10.0. The second-order valence-corrected chi connectivity index (χ2v) is 26.6. The molecule has 0 spiro atoms. The molecule has 93 heavy (non-hydrogen) atoms. The van der Waals surface area contributed by atoms with Crippen molar-refractivity contribution in [2.75, 3.05) is 78.7 Å². The lowest BCUT2D eigenvalue weighted by Crippen LogP contribution is -2.25. The van der Waals surface area contributed by atoms with E-state index in [1.807, 2.05) is 36.4 Å². The highest BCUT2D eigenvalue weighted by Crippen LogP contribution is 2.50. The molecule has 3 N–H and O–H groups in total.